The first kappa shape index (κ1) is 21.0. The standard InChI is InChI=1S/C19H26FN5O4/c1-13(27)21-11-16-12-25(19(28)29-16)15-2-3-18(17(20)10-15)24-7-4-14(5-8-24)23-22-6-9-26/h2-3,9-10,14,16,22-23H,4-8,11-12H2,1H3,(H,21,27)/t16-/m0/s1. The first-order chi connectivity index (χ1) is 14.0. The van der Waals surface area contributed by atoms with E-state index >= 15 is 0 Å². The van der Waals surface area contributed by atoms with Gasteiger partial charge in [0.05, 0.1) is 31.0 Å². The molecule has 9 nitrogen and oxygen atoms in total. The van der Waals surface area contributed by atoms with Gasteiger partial charge < -0.3 is 19.7 Å². The minimum absolute atomic E-state index is 0.201. The molecule has 1 atom stereocenters. The molecule has 3 rings (SSSR count). The molecule has 10 heteroatoms. The Morgan fingerprint density at radius 2 is 2.10 bits per heavy atom. The van der Waals surface area contributed by atoms with Crippen LogP contribution in [0.2, 0.25) is 0 Å². The molecule has 2 fully saturated rings. The molecule has 0 bridgehead atoms. The lowest BCUT2D eigenvalue weighted by atomic mass is 10.0. The van der Waals surface area contributed by atoms with Crippen molar-refractivity contribution < 1.29 is 23.5 Å². The fraction of sp³-hybridized carbons (Fsp3) is 0.526. The highest BCUT2D eigenvalue weighted by molar-refractivity contribution is 5.90. The largest absolute Gasteiger partial charge is 0.442 e. The fourth-order valence-corrected chi connectivity index (χ4v) is 3.53. The number of rotatable bonds is 8. The van der Waals surface area contributed by atoms with Crippen molar-refractivity contribution in [3.8, 4) is 0 Å². The molecule has 2 amide bonds. The van der Waals surface area contributed by atoms with E-state index in [9.17, 15) is 18.8 Å². The Hall–Kier alpha value is -2.72. The highest BCUT2D eigenvalue weighted by Crippen LogP contribution is 2.29. The van der Waals surface area contributed by atoms with Crippen molar-refractivity contribution in [2.24, 2.45) is 0 Å². The van der Waals surface area contributed by atoms with Crippen molar-refractivity contribution >= 4 is 29.7 Å². The first-order valence-corrected chi connectivity index (χ1v) is 9.67. The number of piperidine rings is 1. The molecule has 29 heavy (non-hydrogen) atoms. The quantitative estimate of drug-likeness (QED) is 0.329. The summed E-state index contributed by atoms with van der Waals surface area (Å²) in [5, 5.41) is 2.61. The van der Waals surface area contributed by atoms with E-state index in [1.54, 1.807) is 12.1 Å². The van der Waals surface area contributed by atoms with Gasteiger partial charge in [0.15, 0.2) is 0 Å². The molecule has 0 aliphatic carbocycles. The van der Waals surface area contributed by atoms with Crippen molar-refractivity contribution in [2.75, 3.05) is 42.5 Å². The van der Waals surface area contributed by atoms with Crippen molar-refractivity contribution in [2.45, 2.75) is 31.9 Å². The van der Waals surface area contributed by atoms with Crippen LogP contribution in [0, 0.1) is 5.82 Å². The molecule has 158 valence electrons. The summed E-state index contributed by atoms with van der Waals surface area (Å²) < 4.78 is 20.0. The topological polar surface area (TPSA) is 103 Å². The van der Waals surface area contributed by atoms with Crippen LogP contribution in [-0.4, -0.2) is 63.2 Å². The number of anilines is 2. The number of hydrogen-bond acceptors (Lipinski definition) is 7. The summed E-state index contributed by atoms with van der Waals surface area (Å²) in [6, 6.07) is 4.95. The van der Waals surface area contributed by atoms with Crippen molar-refractivity contribution in [3.05, 3.63) is 24.0 Å². The number of carbonyl (C=O) groups is 3. The maximum atomic E-state index is 14.8. The third kappa shape index (κ3) is 5.42. The fourth-order valence-electron chi connectivity index (χ4n) is 3.53. The Balaban J connectivity index is 1.57. The van der Waals surface area contributed by atoms with E-state index in [1.165, 1.54) is 17.9 Å². The lowest BCUT2D eigenvalue weighted by Gasteiger charge is -2.34. The highest BCUT2D eigenvalue weighted by atomic mass is 19.1. The molecule has 1 aromatic carbocycles. The Kier molecular flexibility index (Phi) is 6.99. The molecule has 2 heterocycles. The van der Waals surface area contributed by atoms with Gasteiger partial charge in [-0.25, -0.2) is 9.18 Å². The van der Waals surface area contributed by atoms with E-state index in [2.05, 4.69) is 16.2 Å². The van der Waals surface area contributed by atoms with E-state index < -0.39 is 18.0 Å². The number of hydrogen-bond donors (Lipinski definition) is 3. The van der Waals surface area contributed by atoms with Crippen LogP contribution >= 0.6 is 0 Å². The number of carbonyl (C=O) groups excluding carboxylic acids is 3. The van der Waals surface area contributed by atoms with Gasteiger partial charge in [0.1, 0.15) is 18.2 Å². The molecular weight excluding hydrogens is 381 g/mol. The van der Waals surface area contributed by atoms with Gasteiger partial charge in [0.2, 0.25) is 5.91 Å². The molecule has 0 unspecified atom stereocenters. The Morgan fingerprint density at radius 3 is 2.76 bits per heavy atom. The van der Waals surface area contributed by atoms with Gasteiger partial charge in [0.25, 0.3) is 0 Å². The molecule has 3 N–H and O–H groups in total. The molecule has 0 aromatic heterocycles. The summed E-state index contributed by atoms with van der Waals surface area (Å²) >= 11 is 0. The SMILES string of the molecule is CC(=O)NC[C@H]1CN(c2ccc(N3CCC(NNCC=O)CC3)c(F)c2)C(=O)O1. The van der Waals surface area contributed by atoms with E-state index in [0.29, 0.717) is 24.5 Å². The maximum absolute atomic E-state index is 14.8. The van der Waals surface area contributed by atoms with Gasteiger partial charge in [-0.3, -0.25) is 20.5 Å². The van der Waals surface area contributed by atoms with Gasteiger partial charge in [-0.15, -0.1) is 0 Å². The van der Waals surface area contributed by atoms with Crippen molar-refractivity contribution in [1.29, 1.82) is 0 Å². The van der Waals surface area contributed by atoms with Crippen LogP contribution in [0.15, 0.2) is 18.2 Å². The summed E-state index contributed by atoms with van der Waals surface area (Å²) in [6.07, 6.45) is 1.40. The number of benzene rings is 1. The molecule has 1 aromatic rings. The van der Waals surface area contributed by atoms with Crippen LogP contribution in [-0.2, 0) is 14.3 Å². The predicted molar refractivity (Wildman–Crippen MR) is 105 cm³/mol. The first-order valence-electron chi connectivity index (χ1n) is 9.67. The smallest absolute Gasteiger partial charge is 0.414 e. The summed E-state index contributed by atoms with van der Waals surface area (Å²) in [4.78, 5) is 36.8. The zero-order chi connectivity index (χ0) is 20.8. The summed E-state index contributed by atoms with van der Waals surface area (Å²) in [5.74, 6) is -0.598. The second kappa shape index (κ2) is 9.66. The molecule has 2 aliphatic rings. The summed E-state index contributed by atoms with van der Waals surface area (Å²) in [6.45, 7) is 3.48. The number of hydrazine groups is 1. The second-order valence-electron chi connectivity index (χ2n) is 7.14. The zero-order valence-corrected chi connectivity index (χ0v) is 16.3. The average Bonchev–Trinajstić information content (AvgIpc) is 3.08. The van der Waals surface area contributed by atoms with Crippen LogP contribution < -0.4 is 26.0 Å². The zero-order valence-electron chi connectivity index (χ0n) is 16.3. The van der Waals surface area contributed by atoms with Crippen LogP contribution in [0.3, 0.4) is 0 Å². The normalized spacial score (nSPS) is 19.9. The van der Waals surface area contributed by atoms with Crippen LogP contribution in [0.4, 0.5) is 20.6 Å². The van der Waals surface area contributed by atoms with Gasteiger partial charge >= 0.3 is 6.09 Å². The number of halogens is 1. The molecule has 2 aliphatic heterocycles. The number of amides is 2. The Bertz CT molecular complexity index is 754. The van der Waals surface area contributed by atoms with Crippen LogP contribution in [0.25, 0.3) is 0 Å². The van der Waals surface area contributed by atoms with E-state index in [0.717, 1.165) is 19.1 Å². The molecular formula is C19H26FN5O4. The molecule has 0 spiro atoms. The highest BCUT2D eigenvalue weighted by Gasteiger charge is 2.33. The lowest BCUT2D eigenvalue weighted by molar-refractivity contribution is -0.119. The van der Waals surface area contributed by atoms with E-state index in [4.69, 9.17) is 4.74 Å². The van der Waals surface area contributed by atoms with Crippen LogP contribution in [0.1, 0.15) is 19.8 Å². The summed E-state index contributed by atoms with van der Waals surface area (Å²) in [5.41, 5.74) is 6.87. The summed E-state index contributed by atoms with van der Waals surface area (Å²) in [7, 11) is 0. The average molecular weight is 407 g/mol. The van der Waals surface area contributed by atoms with Crippen LogP contribution in [0.5, 0.6) is 0 Å². The van der Waals surface area contributed by atoms with Gasteiger partial charge in [-0.2, -0.15) is 0 Å². The van der Waals surface area contributed by atoms with Crippen molar-refractivity contribution in [1.82, 2.24) is 16.2 Å². The molecule has 0 saturated carbocycles. The maximum Gasteiger partial charge on any atom is 0.414 e. The number of aldehydes is 1. The predicted octanol–water partition coefficient (Wildman–Crippen LogP) is 0.549. The van der Waals surface area contributed by atoms with Gasteiger partial charge in [0, 0.05) is 26.1 Å². The monoisotopic (exact) mass is 407 g/mol. The van der Waals surface area contributed by atoms with Gasteiger partial charge in [-0.05, 0) is 31.0 Å². The Labute approximate surface area is 168 Å². The lowest BCUT2D eigenvalue weighted by Crippen LogP contribution is -2.48. The second-order valence-corrected chi connectivity index (χ2v) is 7.14. The number of cyclic esters (lactones) is 1. The van der Waals surface area contributed by atoms with Crippen molar-refractivity contribution in [3.63, 3.8) is 0 Å². The molecule has 2 saturated heterocycles. The third-order valence-electron chi connectivity index (χ3n) is 5.02. The Morgan fingerprint density at radius 1 is 1.34 bits per heavy atom. The van der Waals surface area contributed by atoms with E-state index in [-0.39, 0.29) is 31.6 Å². The number of nitrogens with one attached hydrogen (secondary N) is 3. The minimum Gasteiger partial charge on any atom is -0.442 e. The number of ether oxygens (including phenoxy) is 1. The van der Waals surface area contributed by atoms with E-state index in [1.807, 2.05) is 4.90 Å². The minimum atomic E-state index is -0.554. The number of nitrogens with zero attached hydrogens (tertiary/aromatic N) is 2. The third-order valence-corrected chi connectivity index (χ3v) is 5.02. The van der Waals surface area contributed by atoms with Gasteiger partial charge in [-0.1, -0.05) is 0 Å². The molecule has 0 radical (unpaired) electrons.